The third kappa shape index (κ3) is 9.82. The fraction of sp³-hybridized carbons (Fsp3) is 0.750. The van der Waals surface area contributed by atoms with Crippen LogP contribution in [0.1, 0.15) is 21.1 Å². The molecule has 0 fully saturated rings. The average molecular weight is 281 g/mol. The predicted octanol–water partition coefficient (Wildman–Crippen LogP) is -0.102. The predicted molar refractivity (Wildman–Crippen MR) is 69.5 cm³/mol. The number of aliphatic imine (C=N–C) groups is 1. The number of aliphatic carboxylic acids is 1. The zero-order valence-corrected chi connectivity index (χ0v) is 10.1. The minimum absolute atomic E-state index is 0. The van der Waals surface area contributed by atoms with Gasteiger partial charge in [-0.25, -0.2) is 0 Å². The Bertz CT molecular complexity index is 363. The molecule has 0 amide bonds. The summed E-state index contributed by atoms with van der Waals surface area (Å²) in [5.41, 5.74) is 10.6. The molecular weight excluding hydrogens is 255 g/mol. The summed E-state index contributed by atoms with van der Waals surface area (Å²) in [5, 5.41) is 8.55. The van der Waals surface area contributed by atoms with Gasteiger partial charge in [-0.2, -0.15) is 0 Å². The van der Waals surface area contributed by atoms with Gasteiger partial charge in [0.05, 0.1) is 0 Å². The van der Waals surface area contributed by atoms with Gasteiger partial charge >= 0.3 is 5.97 Å². The minimum Gasteiger partial charge on any atom is -0.480 e. The quantitative estimate of drug-likeness (QED) is 0.371. The summed E-state index contributed by atoms with van der Waals surface area (Å²) in [5.74, 6) is -1.80. The Labute approximate surface area is 116 Å². The number of nitrogens with two attached hydrogens (primary N) is 2. The maximum absolute atomic E-state index is 10.5. The second kappa shape index (κ2) is 10.8. The number of carbonyl (C=O) groups is 1. The molecule has 0 aliphatic heterocycles. The zero-order valence-electron chi connectivity index (χ0n) is 14.4. The first-order chi connectivity index (χ1) is 8.87. The molecule has 6 nitrogen and oxygen atoms in total. The molecule has 0 spiro atoms. The summed E-state index contributed by atoms with van der Waals surface area (Å²) in [6.45, 7) is -5.91. The molecule has 0 heterocycles. The molecule has 0 aromatic heterocycles. The highest BCUT2D eigenvalue weighted by molar-refractivity contribution is 5.85. The molecule has 98 valence electrons. The van der Waals surface area contributed by atoms with Gasteiger partial charge in [-0.3, -0.25) is 9.79 Å². The van der Waals surface area contributed by atoms with E-state index in [-0.39, 0.29) is 49.1 Å². The molecule has 1 atom stereocenters. The molecule has 0 saturated heterocycles. The molecule has 0 unspecified atom stereocenters. The molecular formula is C8H20Cl2N4O2. The first kappa shape index (κ1) is 9.32. The average Bonchev–Trinajstić information content (AvgIpc) is 2.19. The van der Waals surface area contributed by atoms with Crippen LogP contribution in [0.15, 0.2) is 4.99 Å². The summed E-state index contributed by atoms with van der Waals surface area (Å²) < 4.78 is 42.7. The van der Waals surface area contributed by atoms with Crippen LogP contribution in [0.2, 0.25) is 0 Å². The van der Waals surface area contributed by atoms with Crippen molar-refractivity contribution in [1.29, 1.82) is 0 Å². The van der Waals surface area contributed by atoms with Crippen molar-refractivity contribution in [3.8, 4) is 0 Å². The molecule has 0 aromatic rings. The topological polar surface area (TPSA) is 105 Å². The van der Waals surface area contributed by atoms with Crippen molar-refractivity contribution in [2.24, 2.45) is 16.5 Å². The van der Waals surface area contributed by atoms with Crippen LogP contribution >= 0.6 is 24.8 Å². The van der Waals surface area contributed by atoms with Crippen molar-refractivity contribution >= 4 is 36.7 Å². The third-order valence-electron chi connectivity index (χ3n) is 1.49. The van der Waals surface area contributed by atoms with Crippen molar-refractivity contribution in [2.75, 3.05) is 20.5 Å². The second-order valence-electron chi connectivity index (χ2n) is 2.66. The molecule has 0 aromatic carbocycles. The van der Waals surface area contributed by atoms with Crippen LogP contribution in [0, 0.1) is 0 Å². The van der Waals surface area contributed by atoms with Gasteiger partial charge in [-0.1, -0.05) is 0 Å². The van der Waals surface area contributed by atoms with Gasteiger partial charge in [0.2, 0.25) is 0 Å². The molecule has 0 saturated carbocycles. The van der Waals surface area contributed by atoms with Crippen LogP contribution in [0.25, 0.3) is 0 Å². The van der Waals surface area contributed by atoms with E-state index >= 15 is 0 Å². The first-order valence-corrected chi connectivity index (χ1v) is 3.96. The van der Waals surface area contributed by atoms with E-state index < -0.39 is 31.9 Å². The maximum Gasteiger partial charge on any atom is 0.320 e. The molecule has 0 bridgehead atoms. The standard InChI is InChI=1S/C8H18N4O2.2ClH/c1-12(2)8(10)11-5-3-4-6(9)7(13)14;;/h6H,3-5,9H2,1-2H3,(H2,10,11)(H,13,14);2*1H/t6-;;/m0../s1/i1D3,2D3;;. The number of halogens is 2. The van der Waals surface area contributed by atoms with Crippen molar-refractivity contribution in [1.82, 2.24) is 4.90 Å². The van der Waals surface area contributed by atoms with Gasteiger partial charge in [-0.15, -0.1) is 24.8 Å². The Morgan fingerprint density at radius 3 is 2.56 bits per heavy atom. The van der Waals surface area contributed by atoms with Gasteiger partial charge in [0.1, 0.15) is 6.04 Å². The van der Waals surface area contributed by atoms with E-state index in [9.17, 15) is 4.79 Å². The maximum atomic E-state index is 10.5. The molecule has 16 heavy (non-hydrogen) atoms. The van der Waals surface area contributed by atoms with E-state index in [1.165, 1.54) is 0 Å². The Morgan fingerprint density at radius 2 is 2.12 bits per heavy atom. The highest BCUT2D eigenvalue weighted by atomic mass is 35.5. The van der Waals surface area contributed by atoms with Crippen LogP contribution in [0.3, 0.4) is 0 Å². The summed E-state index contributed by atoms with van der Waals surface area (Å²) in [7, 11) is 0. The Balaban J connectivity index is -0.00000180. The molecule has 0 aliphatic rings. The largest absolute Gasteiger partial charge is 0.480 e. The van der Waals surface area contributed by atoms with Crippen LogP contribution in [-0.2, 0) is 4.79 Å². The van der Waals surface area contributed by atoms with Gasteiger partial charge in [0.15, 0.2) is 5.96 Å². The zero-order chi connectivity index (χ0) is 16.1. The third-order valence-corrected chi connectivity index (χ3v) is 1.49. The first-order valence-electron chi connectivity index (χ1n) is 6.96. The summed E-state index contributed by atoms with van der Waals surface area (Å²) in [6, 6.07) is -1.05. The molecule has 0 rings (SSSR count). The van der Waals surface area contributed by atoms with E-state index in [1.807, 2.05) is 0 Å². The van der Waals surface area contributed by atoms with Crippen LogP contribution in [-0.4, -0.2) is 48.5 Å². The van der Waals surface area contributed by atoms with Crippen LogP contribution in [0.5, 0.6) is 0 Å². The van der Waals surface area contributed by atoms with E-state index in [0.717, 1.165) is 0 Å². The number of guanidine groups is 1. The smallest absolute Gasteiger partial charge is 0.320 e. The van der Waals surface area contributed by atoms with E-state index in [2.05, 4.69) is 4.99 Å². The van der Waals surface area contributed by atoms with E-state index in [0.29, 0.717) is 0 Å². The SMILES string of the molecule is Cl.Cl.[2H]C([2H])([2H])N(C(N)=NCCC[C@H](N)C(=O)O)C([2H])([2H])[2H]. The van der Waals surface area contributed by atoms with Crippen LogP contribution < -0.4 is 11.5 Å². The highest BCUT2D eigenvalue weighted by Gasteiger charge is 2.09. The summed E-state index contributed by atoms with van der Waals surface area (Å²) in [6.07, 6.45) is 0.359. The summed E-state index contributed by atoms with van der Waals surface area (Å²) in [4.78, 5) is 14.2. The lowest BCUT2D eigenvalue weighted by atomic mass is 10.2. The van der Waals surface area contributed by atoms with Crippen molar-refractivity contribution in [2.45, 2.75) is 18.9 Å². The van der Waals surface area contributed by atoms with Crippen molar-refractivity contribution in [3.05, 3.63) is 0 Å². The lowest BCUT2D eigenvalue weighted by Crippen LogP contribution is -2.31. The van der Waals surface area contributed by atoms with Gasteiger partial charge in [0.25, 0.3) is 0 Å². The Kier molecular flexibility index (Phi) is 6.29. The molecule has 5 N–H and O–H groups in total. The Hall–Kier alpha value is -0.720. The van der Waals surface area contributed by atoms with E-state index in [4.69, 9.17) is 24.8 Å². The molecule has 0 aliphatic carbocycles. The second-order valence-corrected chi connectivity index (χ2v) is 2.66. The minimum atomic E-state index is -2.95. The number of hydrogen-bond donors (Lipinski definition) is 3. The van der Waals surface area contributed by atoms with Gasteiger partial charge in [-0.05, 0) is 12.8 Å². The molecule has 0 radical (unpaired) electrons. The van der Waals surface area contributed by atoms with Gasteiger partial charge in [0, 0.05) is 28.7 Å². The number of hydrogen-bond acceptors (Lipinski definition) is 3. The van der Waals surface area contributed by atoms with Crippen molar-refractivity contribution < 1.29 is 18.1 Å². The lowest BCUT2D eigenvalue weighted by molar-refractivity contribution is -0.138. The number of nitrogens with zero attached hydrogens (tertiary/aromatic N) is 2. The Morgan fingerprint density at radius 1 is 1.56 bits per heavy atom. The molecule has 8 heteroatoms. The normalized spacial score (nSPS) is 19.2. The number of carboxylic acids is 1. The number of rotatable bonds is 5. The fourth-order valence-corrected chi connectivity index (χ4v) is 0.699. The highest BCUT2D eigenvalue weighted by Crippen LogP contribution is 1.95. The fourth-order valence-electron chi connectivity index (χ4n) is 0.699. The lowest BCUT2D eigenvalue weighted by Gasteiger charge is -2.10. The van der Waals surface area contributed by atoms with E-state index in [1.54, 1.807) is 0 Å². The van der Waals surface area contributed by atoms with Crippen molar-refractivity contribution in [3.63, 3.8) is 0 Å². The number of carboxylic acid groups (broad SMARTS) is 1. The summed E-state index contributed by atoms with van der Waals surface area (Å²) >= 11 is 0. The van der Waals surface area contributed by atoms with Crippen LogP contribution in [0.4, 0.5) is 0 Å². The monoisotopic (exact) mass is 280 g/mol. The van der Waals surface area contributed by atoms with Gasteiger partial charge < -0.3 is 21.5 Å².